The van der Waals surface area contributed by atoms with Crippen LogP contribution in [0.3, 0.4) is 0 Å². The molecule has 1 saturated heterocycles. The number of carboxylic acid groups (broad SMARTS) is 1. The van der Waals surface area contributed by atoms with E-state index in [1.807, 2.05) is 18.2 Å². The van der Waals surface area contributed by atoms with Crippen molar-refractivity contribution in [1.29, 1.82) is 0 Å². The van der Waals surface area contributed by atoms with Gasteiger partial charge in [-0.15, -0.1) is 0 Å². The van der Waals surface area contributed by atoms with Crippen molar-refractivity contribution in [2.24, 2.45) is 11.7 Å². The molecular formula is C24H32N2O6. The van der Waals surface area contributed by atoms with Crippen LogP contribution in [0.25, 0.3) is 0 Å². The molecule has 0 spiro atoms. The van der Waals surface area contributed by atoms with Crippen LogP contribution in [-0.4, -0.2) is 63.1 Å². The molecule has 6 atom stereocenters. The Kier molecular flexibility index (Phi) is 7.48. The van der Waals surface area contributed by atoms with Crippen LogP contribution >= 0.6 is 0 Å². The first-order valence-electron chi connectivity index (χ1n) is 11.1. The van der Waals surface area contributed by atoms with Gasteiger partial charge < -0.3 is 20.7 Å². The number of likely N-dealkylation sites (tertiary alicyclic amines) is 1. The molecule has 0 amide bonds. The molecule has 0 aromatic heterocycles. The van der Waals surface area contributed by atoms with Gasteiger partial charge in [-0.25, -0.2) is 4.79 Å². The molecule has 174 valence electrons. The van der Waals surface area contributed by atoms with E-state index >= 15 is 0 Å². The first-order chi connectivity index (χ1) is 15.2. The summed E-state index contributed by atoms with van der Waals surface area (Å²) in [6.45, 7) is 3.21. The number of hydrogen-bond donors (Lipinski definition) is 3. The third-order valence-electron chi connectivity index (χ3n) is 6.54. The summed E-state index contributed by atoms with van der Waals surface area (Å²) >= 11 is 0. The summed E-state index contributed by atoms with van der Waals surface area (Å²) in [4.78, 5) is 40.6. The van der Waals surface area contributed by atoms with Gasteiger partial charge in [-0.05, 0) is 44.6 Å². The van der Waals surface area contributed by atoms with Crippen molar-refractivity contribution >= 4 is 17.7 Å². The highest BCUT2D eigenvalue weighted by Crippen LogP contribution is 2.46. The lowest BCUT2D eigenvalue weighted by molar-refractivity contribution is -0.165. The average molecular weight is 445 g/mol. The third-order valence-corrected chi connectivity index (χ3v) is 6.54. The highest BCUT2D eigenvalue weighted by Gasteiger charge is 2.63. The Morgan fingerprint density at radius 1 is 1.28 bits per heavy atom. The number of Topliss-reactive ketones (excluding diaryl/α,β-unsaturated/α-hetero) is 1. The lowest BCUT2D eigenvalue weighted by Crippen LogP contribution is -2.66. The minimum absolute atomic E-state index is 0.0645. The van der Waals surface area contributed by atoms with Crippen molar-refractivity contribution in [3.63, 3.8) is 0 Å². The van der Waals surface area contributed by atoms with E-state index in [4.69, 9.17) is 10.5 Å². The van der Waals surface area contributed by atoms with Crippen LogP contribution in [0.4, 0.5) is 0 Å². The second-order valence-electron chi connectivity index (χ2n) is 8.62. The summed E-state index contributed by atoms with van der Waals surface area (Å²) in [5.41, 5.74) is 4.52. The number of carbonyl (C=O) groups excluding carboxylic acids is 2. The van der Waals surface area contributed by atoms with Gasteiger partial charge in [-0.2, -0.15) is 0 Å². The molecular weight excluding hydrogens is 412 g/mol. The number of aliphatic hydroxyl groups excluding tert-OH is 1. The Hall–Kier alpha value is -2.55. The smallest absolute Gasteiger partial charge is 0.332 e. The van der Waals surface area contributed by atoms with Crippen molar-refractivity contribution in [2.45, 2.75) is 69.3 Å². The third kappa shape index (κ3) is 4.35. The highest BCUT2D eigenvalue weighted by atomic mass is 16.5. The van der Waals surface area contributed by atoms with Crippen LogP contribution < -0.4 is 5.73 Å². The van der Waals surface area contributed by atoms with Crippen molar-refractivity contribution in [3.05, 3.63) is 48.0 Å². The maximum absolute atomic E-state index is 13.3. The molecule has 4 N–H and O–H groups in total. The number of aliphatic carboxylic acids is 1. The van der Waals surface area contributed by atoms with Gasteiger partial charge in [0.2, 0.25) is 0 Å². The number of esters is 1. The molecule has 0 saturated carbocycles. The number of rotatable bonds is 9. The molecule has 1 aliphatic carbocycles. The quantitative estimate of drug-likeness (QED) is 0.299. The fourth-order valence-electron chi connectivity index (χ4n) is 5.12. The van der Waals surface area contributed by atoms with Crippen LogP contribution in [0.15, 0.2) is 42.5 Å². The van der Waals surface area contributed by atoms with Gasteiger partial charge in [0.25, 0.3) is 0 Å². The summed E-state index contributed by atoms with van der Waals surface area (Å²) < 4.78 is 5.29. The van der Waals surface area contributed by atoms with Crippen molar-refractivity contribution in [1.82, 2.24) is 4.90 Å². The van der Waals surface area contributed by atoms with E-state index in [9.17, 15) is 24.6 Å². The number of ketones is 1. The largest absolute Gasteiger partial charge is 0.480 e. The van der Waals surface area contributed by atoms with Crippen molar-refractivity contribution < 1.29 is 29.3 Å². The molecule has 1 unspecified atom stereocenters. The Labute approximate surface area is 188 Å². The maximum atomic E-state index is 13.3. The number of carboxylic acids is 1. The first kappa shape index (κ1) is 24.1. The SMILES string of the molecule is CCOC(=O)[C@H](C[C@H](O)c1ccccc1)N1[C@@H]2C=CCC[C@@H]2C[C@@]1(C(=O)O)C(=O)C(C)N. The zero-order chi connectivity index (χ0) is 23.5. The lowest BCUT2D eigenvalue weighted by Gasteiger charge is -2.42. The number of nitrogens with two attached hydrogens (primary N) is 1. The van der Waals surface area contributed by atoms with Gasteiger partial charge in [-0.3, -0.25) is 14.5 Å². The Bertz CT molecular complexity index is 871. The van der Waals surface area contributed by atoms with Crippen LogP contribution in [0, 0.1) is 5.92 Å². The number of carbonyl (C=O) groups is 3. The fourth-order valence-corrected chi connectivity index (χ4v) is 5.12. The normalized spacial score (nSPS) is 27.9. The molecule has 3 rings (SSSR count). The van der Waals surface area contributed by atoms with E-state index in [0.29, 0.717) is 12.0 Å². The summed E-state index contributed by atoms with van der Waals surface area (Å²) in [6.07, 6.45) is 4.20. The van der Waals surface area contributed by atoms with E-state index in [2.05, 4.69) is 0 Å². The molecule has 8 nitrogen and oxygen atoms in total. The Morgan fingerprint density at radius 2 is 1.97 bits per heavy atom. The number of allylic oxidation sites excluding steroid dienone is 1. The number of ether oxygens (including phenoxy) is 1. The fraction of sp³-hybridized carbons (Fsp3) is 0.542. The lowest BCUT2D eigenvalue weighted by atomic mass is 9.82. The number of aliphatic hydroxyl groups is 1. The van der Waals surface area contributed by atoms with Crippen LogP contribution in [0.2, 0.25) is 0 Å². The van der Waals surface area contributed by atoms with E-state index in [1.54, 1.807) is 31.2 Å². The predicted octanol–water partition coefficient (Wildman–Crippen LogP) is 1.82. The molecule has 1 aliphatic heterocycles. The van der Waals surface area contributed by atoms with E-state index < -0.39 is 47.5 Å². The molecule has 1 heterocycles. The maximum Gasteiger partial charge on any atom is 0.332 e. The molecule has 32 heavy (non-hydrogen) atoms. The van der Waals surface area contributed by atoms with Crippen molar-refractivity contribution in [2.75, 3.05) is 6.61 Å². The zero-order valence-electron chi connectivity index (χ0n) is 18.5. The predicted molar refractivity (Wildman–Crippen MR) is 118 cm³/mol. The second-order valence-corrected chi connectivity index (χ2v) is 8.62. The van der Waals surface area contributed by atoms with Crippen LogP contribution in [-0.2, 0) is 19.1 Å². The summed E-state index contributed by atoms with van der Waals surface area (Å²) in [7, 11) is 0. The topological polar surface area (TPSA) is 130 Å². The zero-order valence-corrected chi connectivity index (χ0v) is 18.5. The Morgan fingerprint density at radius 3 is 2.56 bits per heavy atom. The minimum atomic E-state index is -1.97. The Balaban J connectivity index is 2.11. The monoisotopic (exact) mass is 444 g/mol. The van der Waals surface area contributed by atoms with Crippen molar-refractivity contribution in [3.8, 4) is 0 Å². The molecule has 0 bridgehead atoms. The van der Waals surface area contributed by atoms with E-state index in [1.165, 1.54) is 11.8 Å². The summed E-state index contributed by atoms with van der Waals surface area (Å²) in [6, 6.07) is 6.22. The average Bonchev–Trinajstić information content (AvgIpc) is 3.13. The first-order valence-corrected chi connectivity index (χ1v) is 11.1. The highest BCUT2D eigenvalue weighted by molar-refractivity contribution is 6.10. The van der Waals surface area contributed by atoms with Crippen LogP contribution in [0.1, 0.15) is 51.2 Å². The number of benzene rings is 1. The minimum Gasteiger partial charge on any atom is -0.480 e. The molecule has 1 fully saturated rings. The van der Waals surface area contributed by atoms with E-state index in [-0.39, 0.29) is 25.4 Å². The molecule has 0 radical (unpaired) electrons. The van der Waals surface area contributed by atoms with E-state index in [0.717, 1.165) is 6.42 Å². The van der Waals surface area contributed by atoms with Gasteiger partial charge in [0, 0.05) is 12.5 Å². The number of nitrogens with zero attached hydrogens (tertiary/aromatic N) is 1. The molecule has 1 aromatic rings. The van der Waals surface area contributed by atoms with Gasteiger partial charge in [0.05, 0.1) is 18.8 Å². The standard InChI is InChI=1S/C24H32N2O6/c1-3-32-22(29)19(13-20(27)16-9-5-4-6-10-16)26-18-12-8-7-11-17(18)14-24(26,23(30)31)21(28)15(2)25/h4-6,8-10,12,15,17-20,27H,3,7,11,13-14,25H2,1-2H3,(H,30,31)/t15?,17-,18-,19+,20+,24+/m1/s1. The van der Waals surface area contributed by atoms with Gasteiger partial charge in [0.15, 0.2) is 11.3 Å². The van der Waals surface area contributed by atoms with Gasteiger partial charge >= 0.3 is 11.9 Å². The number of fused-ring (bicyclic) bond motifs is 1. The summed E-state index contributed by atoms with van der Waals surface area (Å²) in [5, 5.41) is 21.3. The van der Waals surface area contributed by atoms with Crippen LogP contribution in [0.5, 0.6) is 0 Å². The summed E-state index contributed by atoms with van der Waals surface area (Å²) in [5.74, 6) is -2.75. The molecule has 1 aromatic carbocycles. The van der Waals surface area contributed by atoms with Gasteiger partial charge in [-0.1, -0.05) is 42.5 Å². The van der Waals surface area contributed by atoms with Gasteiger partial charge in [0.1, 0.15) is 6.04 Å². The molecule has 2 aliphatic rings. The number of hydrogen-bond acceptors (Lipinski definition) is 7. The second kappa shape index (κ2) is 9.94. The molecule has 8 heteroatoms.